The second-order valence-electron chi connectivity index (χ2n) is 4.55. The maximum absolute atomic E-state index is 14.0. The molecule has 1 fully saturated rings. The zero-order valence-corrected chi connectivity index (χ0v) is 11.1. The molecule has 1 unspecified atom stereocenters. The van der Waals surface area contributed by atoms with Crippen molar-refractivity contribution < 1.29 is 8.78 Å². The van der Waals surface area contributed by atoms with Crippen LogP contribution in [-0.2, 0) is 0 Å². The van der Waals surface area contributed by atoms with Crippen molar-refractivity contribution in [2.75, 3.05) is 11.4 Å². The highest BCUT2D eigenvalue weighted by atomic mass is 32.1. The van der Waals surface area contributed by atoms with E-state index in [1.807, 2.05) is 11.8 Å². The lowest BCUT2D eigenvalue weighted by Crippen LogP contribution is -2.30. The first-order valence-corrected chi connectivity index (χ1v) is 6.51. The van der Waals surface area contributed by atoms with Gasteiger partial charge in [0.25, 0.3) is 0 Å². The minimum Gasteiger partial charge on any atom is -0.389 e. The summed E-state index contributed by atoms with van der Waals surface area (Å²) >= 11 is 4.74. The van der Waals surface area contributed by atoms with Crippen LogP contribution in [0.4, 0.5) is 14.5 Å². The Morgan fingerprint density at radius 3 is 2.56 bits per heavy atom. The summed E-state index contributed by atoms with van der Waals surface area (Å²) in [5, 5.41) is 0. The van der Waals surface area contributed by atoms with Crippen LogP contribution in [-0.4, -0.2) is 17.6 Å². The molecule has 1 aliphatic heterocycles. The van der Waals surface area contributed by atoms with Gasteiger partial charge in [-0.25, -0.2) is 8.78 Å². The van der Waals surface area contributed by atoms with Crippen molar-refractivity contribution in [3.05, 3.63) is 29.3 Å². The van der Waals surface area contributed by atoms with E-state index >= 15 is 0 Å². The van der Waals surface area contributed by atoms with Crippen LogP contribution in [0.25, 0.3) is 0 Å². The van der Waals surface area contributed by atoms with Gasteiger partial charge in [-0.3, -0.25) is 0 Å². The van der Waals surface area contributed by atoms with E-state index in [2.05, 4.69) is 0 Å². The Bertz CT molecular complexity index is 453. The van der Waals surface area contributed by atoms with Gasteiger partial charge in [0.1, 0.15) is 22.3 Å². The molecule has 98 valence electrons. The second-order valence-corrected chi connectivity index (χ2v) is 4.99. The molecule has 1 saturated heterocycles. The molecule has 2 nitrogen and oxygen atoms in total. The number of rotatable bonds is 3. The Morgan fingerprint density at radius 1 is 1.44 bits per heavy atom. The molecule has 1 aliphatic rings. The van der Waals surface area contributed by atoms with Gasteiger partial charge in [-0.2, -0.15) is 0 Å². The number of nitrogens with two attached hydrogens (primary N) is 1. The van der Waals surface area contributed by atoms with Gasteiger partial charge in [0, 0.05) is 18.2 Å². The second kappa shape index (κ2) is 5.18. The monoisotopic (exact) mass is 270 g/mol. The Hall–Kier alpha value is -1.23. The highest BCUT2D eigenvalue weighted by molar-refractivity contribution is 7.80. The topological polar surface area (TPSA) is 29.3 Å². The molecule has 1 atom stereocenters. The Morgan fingerprint density at radius 2 is 2.06 bits per heavy atom. The van der Waals surface area contributed by atoms with Crippen LogP contribution in [0.15, 0.2) is 12.1 Å². The molecule has 1 heterocycles. The predicted octanol–water partition coefficient (Wildman–Crippen LogP) is 2.98. The van der Waals surface area contributed by atoms with Gasteiger partial charge in [0.05, 0.1) is 0 Å². The van der Waals surface area contributed by atoms with Crippen LogP contribution in [0.2, 0.25) is 0 Å². The fourth-order valence-corrected chi connectivity index (χ4v) is 2.65. The van der Waals surface area contributed by atoms with Crippen LogP contribution in [0.1, 0.15) is 31.7 Å². The van der Waals surface area contributed by atoms with E-state index in [1.165, 1.54) is 12.1 Å². The molecular weight excluding hydrogens is 254 g/mol. The van der Waals surface area contributed by atoms with Crippen LogP contribution in [0, 0.1) is 11.6 Å². The van der Waals surface area contributed by atoms with Crippen molar-refractivity contribution in [1.82, 2.24) is 0 Å². The molecule has 1 aromatic carbocycles. The van der Waals surface area contributed by atoms with E-state index < -0.39 is 11.6 Å². The third-order valence-corrected chi connectivity index (χ3v) is 3.67. The molecule has 0 spiro atoms. The van der Waals surface area contributed by atoms with Gasteiger partial charge in [0.2, 0.25) is 0 Å². The summed E-state index contributed by atoms with van der Waals surface area (Å²) in [6.45, 7) is 2.72. The first kappa shape index (κ1) is 13.2. The fourth-order valence-electron chi connectivity index (χ4n) is 2.54. The number of thiocarbonyl (C=S) groups is 1. The quantitative estimate of drug-likeness (QED) is 0.856. The molecule has 0 saturated carbocycles. The highest BCUT2D eigenvalue weighted by Gasteiger charge is 2.28. The molecule has 1 aromatic rings. The van der Waals surface area contributed by atoms with E-state index in [1.54, 1.807) is 0 Å². The van der Waals surface area contributed by atoms with Gasteiger partial charge in [-0.1, -0.05) is 19.1 Å². The summed E-state index contributed by atoms with van der Waals surface area (Å²) in [5.41, 5.74) is 5.68. The minimum atomic E-state index is -0.585. The van der Waals surface area contributed by atoms with Gasteiger partial charge in [-0.15, -0.1) is 0 Å². The lowest BCUT2D eigenvalue weighted by molar-refractivity contribution is 0.556. The Labute approximate surface area is 111 Å². The van der Waals surface area contributed by atoms with E-state index in [4.69, 9.17) is 18.0 Å². The standard InChI is InChI=1S/C13H16F2N2S/c1-2-9-4-3-5-17(9)12-10(14)6-8(13(16)18)7-11(12)15/h6-7,9H,2-5H2,1H3,(H2,16,18). The molecule has 0 amide bonds. The Kier molecular flexibility index (Phi) is 3.80. The summed E-state index contributed by atoms with van der Waals surface area (Å²) in [7, 11) is 0. The normalized spacial score (nSPS) is 19.3. The van der Waals surface area contributed by atoms with Crippen LogP contribution in [0.5, 0.6) is 0 Å². The SMILES string of the molecule is CCC1CCCN1c1c(F)cc(C(N)=S)cc1F. The van der Waals surface area contributed by atoms with Crippen molar-refractivity contribution in [1.29, 1.82) is 0 Å². The minimum absolute atomic E-state index is 0.00723. The van der Waals surface area contributed by atoms with E-state index in [0.29, 0.717) is 6.54 Å². The van der Waals surface area contributed by atoms with Gasteiger partial charge < -0.3 is 10.6 Å². The molecular formula is C13H16F2N2S. The van der Waals surface area contributed by atoms with E-state index in [9.17, 15) is 8.78 Å². The van der Waals surface area contributed by atoms with E-state index in [0.717, 1.165) is 19.3 Å². The molecule has 2 rings (SSSR count). The third kappa shape index (κ3) is 2.32. The van der Waals surface area contributed by atoms with Crippen LogP contribution in [0.3, 0.4) is 0 Å². The van der Waals surface area contributed by atoms with Gasteiger partial charge in [0.15, 0.2) is 0 Å². The van der Waals surface area contributed by atoms with Gasteiger partial charge >= 0.3 is 0 Å². The first-order chi connectivity index (χ1) is 8.54. The van der Waals surface area contributed by atoms with Crippen molar-refractivity contribution in [3.8, 4) is 0 Å². The summed E-state index contributed by atoms with van der Waals surface area (Å²) < 4.78 is 28.1. The maximum atomic E-state index is 14.0. The molecule has 0 radical (unpaired) electrons. The van der Waals surface area contributed by atoms with Crippen molar-refractivity contribution >= 4 is 22.9 Å². The summed E-state index contributed by atoms with van der Waals surface area (Å²) in [6, 6.07) is 2.64. The number of hydrogen-bond donors (Lipinski definition) is 1. The van der Waals surface area contributed by atoms with E-state index in [-0.39, 0.29) is 22.3 Å². The average molecular weight is 270 g/mol. The largest absolute Gasteiger partial charge is 0.389 e. The molecule has 0 aromatic heterocycles. The lowest BCUT2D eigenvalue weighted by Gasteiger charge is -2.27. The van der Waals surface area contributed by atoms with Crippen LogP contribution >= 0.6 is 12.2 Å². The number of nitrogens with zero attached hydrogens (tertiary/aromatic N) is 1. The van der Waals surface area contributed by atoms with Gasteiger partial charge in [-0.05, 0) is 31.4 Å². The summed E-state index contributed by atoms with van der Waals surface area (Å²) in [4.78, 5) is 1.82. The molecule has 5 heteroatoms. The number of halogens is 2. The van der Waals surface area contributed by atoms with Crippen LogP contribution < -0.4 is 10.6 Å². The highest BCUT2D eigenvalue weighted by Crippen LogP contribution is 2.32. The lowest BCUT2D eigenvalue weighted by atomic mass is 10.1. The maximum Gasteiger partial charge on any atom is 0.150 e. The first-order valence-electron chi connectivity index (χ1n) is 6.10. The number of benzene rings is 1. The fraction of sp³-hybridized carbons (Fsp3) is 0.462. The molecule has 2 N–H and O–H groups in total. The zero-order valence-electron chi connectivity index (χ0n) is 10.2. The number of anilines is 1. The van der Waals surface area contributed by atoms with Crippen molar-refractivity contribution in [2.24, 2.45) is 5.73 Å². The van der Waals surface area contributed by atoms with Crippen molar-refractivity contribution in [2.45, 2.75) is 32.2 Å². The molecule has 18 heavy (non-hydrogen) atoms. The zero-order chi connectivity index (χ0) is 13.3. The summed E-state index contributed by atoms with van der Waals surface area (Å²) in [6.07, 6.45) is 2.83. The average Bonchev–Trinajstić information content (AvgIpc) is 2.76. The number of hydrogen-bond acceptors (Lipinski definition) is 2. The predicted molar refractivity (Wildman–Crippen MR) is 72.9 cm³/mol. The molecule has 0 bridgehead atoms. The summed E-state index contributed by atoms with van der Waals surface area (Å²) in [5.74, 6) is -1.17. The third-order valence-electron chi connectivity index (χ3n) is 3.44. The smallest absolute Gasteiger partial charge is 0.150 e. The van der Waals surface area contributed by atoms with Crippen molar-refractivity contribution in [3.63, 3.8) is 0 Å². The Balaban J connectivity index is 2.42. The molecule has 0 aliphatic carbocycles.